The molecule has 0 heterocycles. The van der Waals surface area contributed by atoms with Crippen molar-refractivity contribution in [3.05, 3.63) is 29.8 Å². The van der Waals surface area contributed by atoms with Gasteiger partial charge in [0, 0.05) is 24.9 Å². The Bertz CT molecular complexity index is 551. The Hall–Kier alpha value is -1.79. The molecule has 1 aliphatic carbocycles. The van der Waals surface area contributed by atoms with E-state index < -0.39 is 0 Å². The Morgan fingerprint density at radius 1 is 1.24 bits per heavy atom. The Kier molecular flexibility index (Phi) is 9.31. The molecule has 0 saturated heterocycles. The molecule has 1 aliphatic rings. The normalized spacial score (nSPS) is 19.0. The Labute approximate surface area is 154 Å². The SMILES string of the molecule is COC(=O)CCCOc1ccc(CNC(=O)C2CCC(N)C2)cc1.Cl. The molecule has 3 N–H and O–H groups in total. The number of hydrogen-bond acceptors (Lipinski definition) is 5. The number of benzene rings is 1. The largest absolute Gasteiger partial charge is 0.494 e. The van der Waals surface area contributed by atoms with Crippen LogP contribution in [0.5, 0.6) is 5.75 Å². The van der Waals surface area contributed by atoms with E-state index in [1.807, 2.05) is 24.3 Å². The van der Waals surface area contributed by atoms with Gasteiger partial charge >= 0.3 is 5.97 Å². The van der Waals surface area contributed by atoms with Gasteiger partial charge in [-0.15, -0.1) is 12.4 Å². The summed E-state index contributed by atoms with van der Waals surface area (Å²) in [7, 11) is 1.38. The van der Waals surface area contributed by atoms with Crippen molar-refractivity contribution in [1.29, 1.82) is 0 Å². The molecule has 2 rings (SSSR count). The molecule has 2 unspecified atom stereocenters. The average molecular weight is 371 g/mol. The second-order valence-electron chi connectivity index (χ2n) is 6.16. The van der Waals surface area contributed by atoms with E-state index in [1.165, 1.54) is 7.11 Å². The fourth-order valence-electron chi connectivity index (χ4n) is 2.80. The number of halogens is 1. The molecule has 0 aromatic heterocycles. The van der Waals surface area contributed by atoms with Gasteiger partial charge in [0.2, 0.25) is 5.91 Å². The summed E-state index contributed by atoms with van der Waals surface area (Å²) in [6, 6.07) is 7.75. The zero-order chi connectivity index (χ0) is 17.4. The van der Waals surface area contributed by atoms with Crippen LogP contribution in [0, 0.1) is 5.92 Å². The van der Waals surface area contributed by atoms with Crippen molar-refractivity contribution in [2.24, 2.45) is 11.7 Å². The predicted octanol–water partition coefficient (Wildman–Crippen LogP) is 2.18. The summed E-state index contributed by atoms with van der Waals surface area (Å²) in [5, 5.41) is 2.97. The maximum absolute atomic E-state index is 12.1. The molecular formula is C18H27ClN2O4. The van der Waals surface area contributed by atoms with Crippen LogP contribution < -0.4 is 15.8 Å². The minimum absolute atomic E-state index is 0. The van der Waals surface area contributed by atoms with Crippen LogP contribution in [0.1, 0.15) is 37.7 Å². The first-order chi connectivity index (χ1) is 11.6. The standard InChI is InChI=1S/C18H26N2O4.ClH/c1-23-17(21)3-2-10-24-16-8-4-13(5-9-16)12-20-18(22)14-6-7-15(19)11-14;/h4-5,8-9,14-15H,2-3,6-7,10-12,19H2,1H3,(H,20,22);1H. The molecule has 1 amide bonds. The monoisotopic (exact) mass is 370 g/mol. The predicted molar refractivity (Wildman–Crippen MR) is 97.6 cm³/mol. The molecule has 0 aliphatic heterocycles. The zero-order valence-corrected chi connectivity index (χ0v) is 15.3. The highest BCUT2D eigenvalue weighted by Gasteiger charge is 2.27. The molecule has 6 nitrogen and oxygen atoms in total. The second-order valence-corrected chi connectivity index (χ2v) is 6.16. The molecule has 25 heavy (non-hydrogen) atoms. The summed E-state index contributed by atoms with van der Waals surface area (Å²) in [4.78, 5) is 23.0. The topological polar surface area (TPSA) is 90.6 Å². The first-order valence-corrected chi connectivity index (χ1v) is 8.40. The average Bonchev–Trinajstić information content (AvgIpc) is 3.04. The number of nitrogens with one attached hydrogen (secondary N) is 1. The lowest BCUT2D eigenvalue weighted by molar-refractivity contribution is -0.140. The lowest BCUT2D eigenvalue weighted by atomic mass is 10.1. The molecule has 0 bridgehead atoms. The van der Waals surface area contributed by atoms with Crippen molar-refractivity contribution in [1.82, 2.24) is 5.32 Å². The van der Waals surface area contributed by atoms with Crippen molar-refractivity contribution in [3.8, 4) is 5.75 Å². The number of carbonyl (C=O) groups is 2. The number of hydrogen-bond donors (Lipinski definition) is 2. The van der Waals surface area contributed by atoms with E-state index in [9.17, 15) is 9.59 Å². The number of methoxy groups -OCH3 is 1. The van der Waals surface area contributed by atoms with Gasteiger partial charge in [0.05, 0.1) is 13.7 Å². The first kappa shape index (κ1) is 21.3. The molecule has 1 aromatic carbocycles. The highest BCUT2D eigenvalue weighted by atomic mass is 35.5. The number of rotatable bonds is 8. The van der Waals surface area contributed by atoms with E-state index in [2.05, 4.69) is 10.1 Å². The van der Waals surface area contributed by atoms with Gasteiger partial charge in [-0.2, -0.15) is 0 Å². The molecule has 1 fully saturated rings. The molecule has 1 saturated carbocycles. The maximum Gasteiger partial charge on any atom is 0.305 e. The molecule has 2 atom stereocenters. The summed E-state index contributed by atoms with van der Waals surface area (Å²) in [6.45, 7) is 0.973. The van der Waals surface area contributed by atoms with Crippen LogP contribution in [0.25, 0.3) is 0 Å². The van der Waals surface area contributed by atoms with Crippen LogP contribution >= 0.6 is 12.4 Å². The summed E-state index contributed by atoms with van der Waals surface area (Å²) >= 11 is 0. The lowest BCUT2D eigenvalue weighted by Crippen LogP contribution is -2.29. The lowest BCUT2D eigenvalue weighted by Gasteiger charge is -2.11. The van der Waals surface area contributed by atoms with Crippen molar-refractivity contribution < 1.29 is 19.1 Å². The summed E-state index contributed by atoms with van der Waals surface area (Å²) < 4.78 is 10.1. The van der Waals surface area contributed by atoms with Crippen LogP contribution in [-0.2, 0) is 20.9 Å². The van der Waals surface area contributed by atoms with E-state index in [0.29, 0.717) is 26.0 Å². The fraction of sp³-hybridized carbons (Fsp3) is 0.556. The van der Waals surface area contributed by atoms with Gasteiger partial charge in [-0.25, -0.2) is 0 Å². The number of carbonyl (C=O) groups excluding carboxylic acids is 2. The molecular weight excluding hydrogens is 344 g/mol. The highest BCUT2D eigenvalue weighted by Crippen LogP contribution is 2.24. The van der Waals surface area contributed by atoms with E-state index >= 15 is 0 Å². The van der Waals surface area contributed by atoms with Crippen LogP contribution in [0.15, 0.2) is 24.3 Å². The Balaban J connectivity index is 0.00000312. The van der Waals surface area contributed by atoms with Crippen molar-refractivity contribution in [2.45, 2.75) is 44.7 Å². The van der Waals surface area contributed by atoms with E-state index in [1.54, 1.807) is 0 Å². The minimum Gasteiger partial charge on any atom is -0.494 e. The second kappa shape index (κ2) is 10.9. The van der Waals surface area contributed by atoms with Crippen molar-refractivity contribution in [2.75, 3.05) is 13.7 Å². The number of ether oxygens (including phenoxy) is 2. The zero-order valence-electron chi connectivity index (χ0n) is 14.5. The summed E-state index contributed by atoms with van der Waals surface area (Å²) in [5.41, 5.74) is 6.86. The molecule has 7 heteroatoms. The van der Waals surface area contributed by atoms with Gasteiger partial charge in [0.15, 0.2) is 0 Å². The molecule has 1 aromatic rings. The van der Waals surface area contributed by atoms with Crippen LogP contribution in [0.3, 0.4) is 0 Å². The number of esters is 1. The molecule has 140 valence electrons. The van der Waals surface area contributed by atoms with Crippen molar-refractivity contribution >= 4 is 24.3 Å². The van der Waals surface area contributed by atoms with Crippen LogP contribution in [0.2, 0.25) is 0 Å². The molecule has 0 radical (unpaired) electrons. The minimum atomic E-state index is -0.229. The van der Waals surface area contributed by atoms with E-state index in [-0.39, 0.29) is 36.2 Å². The smallest absolute Gasteiger partial charge is 0.305 e. The first-order valence-electron chi connectivity index (χ1n) is 8.40. The molecule has 0 spiro atoms. The third kappa shape index (κ3) is 7.32. The maximum atomic E-state index is 12.1. The van der Waals surface area contributed by atoms with Gasteiger partial charge in [0.25, 0.3) is 0 Å². The number of nitrogens with two attached hydrogens (primary N) is 1. The van der Waals surface area contributed by atoms with Crippen LogP contribution in [0.4, 0.5) is 0 Å². The van der Waals surface area contributed by atoms with Crippen molar-refractivity contribution in [3.63, 3.8) is 0 Å². The number of amides is 1. The fourth-order valence-corrected chi connectivity index (χ4v) is 2.80. The third-order valence-electron chi connectivity index (χ3n) is 4.26. The van der Waals surface area contributed by atoms with Gasteiger partial charge < -0.3 is 20.5 Å². The quantitative estimate of drug-likeness (QED) is 0.540. The van der Waals surface area contributed by atoms with Gasteiger partial charge in [-0.05, 0) is 43.4 Å². The Morgan fingerprint density at radius 2 is 1.96 bits per heavy atom. The van der Waals surface area contributed by atoms with Gasteiger partial charge in [-0.1, -0.05) is 12.1 Å². The van der Waals surface area contributed by atoms with Gasteiger partial charge in [-0.3, -0.25) is 9.59 Å². The summed E-state index contributed by atoms with van der Waals surface area (Å²) in [5.74, 6) is 0.660. The van der Waals surface area contributed by atoms with Crippen LogP contribution in [-0.4, -0.2) is 31.6 Å². The summed E-state index contributed by atoms with van der Waals surface area (Å²) in [6.07, 6.45) is 3.56. The van der Waals surface area contributed by atoms with Gasteiger partial charge in [0.1, 0.15) is 5.75 Å². The van der Waals surface area contributed by atoms with E-state index in [4.69, 9.17) is 10.5 Å². The van der Waals surface area contributed by atoms with E-state index in [0.717, 1.165) is 30.6 Å². The highest BCUT2D eigenvalue weighted by molar-refractivity contribution is 5.85. The third-order valence-corrected chi connectivity index (χ3v) is 4.26. The Morgan fingerprint density at radius 3 is 2.56 bits per heavy atom.